The molecule has 1 aliphatic heterocycles. The van der Waals surface area contributed by atoms with Crippen LogP contribution in [0.25, 0.3) is 0 Å². The number of carbonyl (C=O) groups is 1. The molecule has 0 aromatic heterocycles. The summed E-state index contributed by atoms with van der Waals surface area (Å²) in [5, 5.41) is 11.4. The molecule has 0 bridgehead atoms. The Morgan fingerprint density at radius 1 is 1.15 bits per heavy atom. The van der Waals surface area contributed by atoms with Crippen molar-refractivity contribution in [2.45, 2.75) is 20.3 Å². The number of benzene rings is 2. The van der Waals surface area contributed by atoms with E-state index < -0.39 is 4.92 Å². The second-order valence-corrected chi connectivity index (χ2v) is 7.53. The van der Waals surface area contributed by atoms with Crippen molar-refractivity contribution in [1.29, 1.82) is 0 Å². The number of carbonyl (C=O) groups excluding carboxylic acids is 1. The lowest BCUT2D eigenvalue weighted by molar-refractivity contribution is -0.384. The van der Waals surface area contributed by atoms with E-state index >= 15 is 0 Å². The molecule has 6 heteroatoms. The molecule has 1 aliphatic rings. The fraction of sp³-hybridized carbons (Fsp3) is 0.350. The molecule has 0 N–H and O–H groups in total. The number of hydrogen-bond acceptors (Lipinski definition) is 4. The van der Waals surface area contributed by atoms with Gasteiger partial charge in [0.1, 0.15) is 5.02 Å². The molecular weight excluding hydrogens is 352 g/mol. The molecule has 2 aromatic carbocycles. The van der Waals surface area contributed by atoms with Crippen LogP contribution in [0, 0.1) is 22.0 Å². The van der Waals surface area contributed by atoms with Crippen LogP contribution >= 0.6 is 11.6 Å². The standard InChI is InChI=1S/C20H21ClN2O3/c1-13-8-14(2)12-22(11-13)18-10-17(21)19(23(25)26)9-16(18)20(24)15-6-4-3-5-7-15/h3-7,9-10,13-14H,8,11-12H2,1-2H3. The largest absolute Gasteiger partial charge is 0.370 e. The van der Waals surface area contributed by atoms with Crippen LogP contribution in [0.15, 0.2) is 42.5 Å². The van der Waals surface area contributed by atoms with Gasteiger partial charge in [0.05, 0.1) is 10.5 Å². The van der Waals surface area contributed by atoms with Gasteiger partial charge in [-0.15, -0.1) is 0 Å². The van der Waals surface area contributed by atoms with Crippen LogP contribution in [0.2, 0.25) is 5.02 Å². The number of nitro groups is 1. The number of nitro benzene ring substituents is 1. The van der Waals surface area contributed by atoms with E-state index in [0.717, 1.165) is 19.5 Å². The molecule has 0 radical (unpaired) electrons. The third kappa shape index (κ3) is 3.73. The van der Waals surface area contributed by atoms with Crippen molar-refractivity contribution >= 4 is 28.8 Å². The molecular formula is C20H21ClN2O3. The highest BCUT2D eigenvalue weighted by Gasteiger charge is 2.28. The molecule has 2 unspecified atom stereocenters. The van der Waals surface area contributed by atoms with Gasteiger partial charge in [0.15, 0.2) is 5.78 Å². The van der Waals surface area contributed by atoms with Gasteiger partial charge in [0.25, 0.3) is 5.69 Å². The molecule has 5 nitrogen and oxygen atoms in total. The first-order chi connectivity index (χ1) is 12.4. The normalized spacial score (nSPS) is 20.0. The average molecular weight is 373 g/mol. The van der Waals surface area contributed by atoms with Gasteiger partial charge in [0, 0.05) is 30.4 Å². The summed E-state index contributed by atoms with van der Waals surface area (Å²) in [6.45, 7) is 5.95. The summed E-state index contributed by atoms with van der Waals surface area (Å²) in [5.74, 6) is 0.728. The van der Waals surface area contributed by atoms with Gasteiger partial charge in [-0.05, 0) is 24.3 Å². The number of piperidine rings is 1. The van der Waals surface area contributed by atoms with Crippen molar-refractivity contribution in [2.24, 2.45) is 11.8 Å². The summed E-state index contributed by atoms with van der Waals surface area (Å²) < 4.78 is 0. The molecule has 2 aromatic rings. The highest BCUT2D eigenvalue weighted by atomic mass is 35.5. The molecule has 1 fully saturated rings. The zero-order valence-electron chi connectivity index (χ0n) is 14.8. The van der Waals surface area contributed by atoms with E-state index in [1.165, 1.54) is 6.07 Å². The predicted molar refractivity (Wildman–Crippen MR) is 103 cm³/mol. The molecule has 26 heavy (non-hydrogen) atoms. The number of ketones is 1. The average Bonchev–Trinajstić information content (AvgIpc) is 2.60. The lowest BCUT2D eigenvalue weighted by atomic mass is 9.90. The van der Waals surface area contributed by atoms with E-state index in [0.29, 0.717) is 28.7 Å². The van der Waals surface area contributed by atoms with E-state index in [1.807, 2.05) is 6.07 Å². The van der Waals surface area contributed by atoms with Gasteiger partial charge < -0.3 is 4.90 Å². The van der Waals surface area contributed by atoms with Gasteiger partial charge in [0.2, 0.25) is 0 Å². The second-order valence-electron chi connectivity index (χ2n) is 7.12. The number of halogens is 1. The smallest absolute Gasteiger partial charge is 0.288 e. The fourth-order valence-corrected chi connectivity index (χ4v) is 3.97. The maximum Gasteiger partial charge on any atom is 0.288 e. The Morgan fingerprint density at radius 2 is 1.77 bits per heavy atom. The Kier molecular flexibility index (Phi) is 5.28. The van der Waals surface area contributed by atoms with Gasteiger partial charge in [-0.25, -0.2) is 0 Å². The van der Waals surface area contributed by atoms with Gasteiger partial charge in [-0.2, -0.15) is 0 Å². The van der Waals surface area contributed by atoms with Gasteiger partial charge >= 0.3 is 0 Å². The van der Waals surface area contributed by atoms with E-state index in [4.69, 9.17) is 11.6 Å². The predicted octanol–water partition coefficient (Wildman–Crippen LogP) is 4.96. The Hall–Kier alpha value is -2.40. The van der Waals surface area contributed by atoms with Crippen LogP contribution < -0.4 is 4.90 Å². The van der Waals surface area contributed by atoms with Crippen molar-refractivity contribution in [3.05, 3.63) is 68.7 Å². The first-order valence-corrected chi connectivity index (χ1v) is 9.07. The monoisotopic (exact) mass is 372 g/mol. The number of anilines is 1. The minimum absolute atomic E-state index is 0.0560. The summed E-state index contributed by atoms with van der Waals surface area (Å²) in [4.78, 5) is 26.0. The molecule has 0 amide bonds. The number of hydrogen-bond donors (Lipinski definition) is 0. The van der Waals surface area contributed by atoms with Crippen LogP contribution in [-0.2, 0) is 0 Å². The Labute approximate surface area is 157 Å². The molecule has 0 aliphatic carbocycles. The maximum atomic E-state index is 13.1. The molecule has 0 spiro atoms. The molecule has 2 atom stereocenters. The van der Waals surface area contributed by atoms with Crippen molar-refractivity contribution in [3.8, 4) is 0 Å². The van der Waals surface area contributed by atoms with Crippen molar-refractivity contribution in [2.75, 3.05) is 18.0 Å². The first-order valence-electron chi connectivity index (χ1n) is 8.69. The lowest BCUT2D eigenvalue weighted by Crippen LogP contribution is -2.39. The summed E-state index contributed by atoms with van der Waals surface area (Å²) >= 11 is 6.16. The number of rotatable bonds is 4. The van der Waals surface area contributed by atoms with E-state index in [1.54, 1.807) is 30.3 Å². The Balaban J connectivity index is 2.12. The van der Waals surface area contributed by atoms with Crippen molar-refractivity contribution in [1.82, 2.24) is 0 Å². The van der Waals surface area contributed by atoms with E-state index in [2.05, 4.69) is 18.7 Å². The van der Waals surface area contributed by atoms with Gasteiger partial charge in [-0.1, -0.05) is 55.8 Å². The minimum atomic E-state index is -0.546. The van der Waals surface area contributed by atoms with Crippen LogP contribution in [0.3, 0.4) is 0 Å². The Bertz CT molecular complexity index is 828. The molecule has 136 valence electrons. The van der Waals surface area contributed by atoms with Crippen LogP contribution in [0.5, 0.6) is 0 Å². The third-order valence-electron chi connectivity index (χ3n) is 4.75. The second kappa shape index (κ2) is 7.46. The molecule has 1 heterocycles. The first kappa shape index (κ1) is 18.4. The summed E-state index contributed by atoms with van der Waals surface area (Å²) in [5.41, 5.74) is 1.26. The molecule has 3 rings (SSSR count). The quantitative estimate of drug-likeness (QED) is 0.432. The fourth-order valence-electron chi connectivity index (χ4n) is 3.74. The van der Waals surface area contributed by atoms with E-state index in [-0.39, 0.29) is 16.5 Å². The van der Waals surface area contributed by atoms with Crippen LogP contribution in [0.4, 0.5) is 11.4 Å². The van der Waals surface area contributed by atoms with E-state index in [9.17, 15) is 14.9 Å². The zero-order chi connectivity index (χ0) is 18.8. The van der Waals surface area contributed by atoms with Crippen LogP contribution in [-0.4, -0.2) is 23.8 Å². The Morgan fingerprint density at radius 3 is 2.35 bits per heavy atom. The topological polar surface area (TPSA) is 63.4 Å². The van der Waals surface area contributed by atoms with Crippen LogP contribution in [0.1, 0.15) is 36.2 Å². The molecule has 0 saturated carbocycles. The maximum absolute atomic E-state index is 13.1. The summed E-state index contributed by atoms with van der Waals surface area (Å²) in [6.07, 6.45) is 1.12. The highest BCUT2D eigenvalue weighted by molar-refractivity contribution is 6.33. The third-order valence-corrected chi connectivity index (χ3v) is 5.05. The lowest BCUT2D eigenvalue weighted by Gasteiger charge is -2.37. The summed E-state index contributed by atoms with van der Waals surface area (Å²) in [6, 6.07) is 11.7. The van der Waals surface area contributed by atoms with Crippen molar-refractivity contribution < 1.29 is 9.72 Å². The summed E-state index contributed by atoms with van der Waals surface area (Å²) in [7, 11) is 0. The SMILES string of the molecule is CC1CC(C)CN(c2cc(Cl)c([N+](=O)[O-])cc2C(=O)c2ccccc2)C1. The highest BCUT2D eigenvalue weighted by Crippen LogP contribution is 2.36. The minimum Gasteiger partial charge on any atom is -0.370 e. The van der Waals surface area contributed by atoms with Gasteiger partial charge in [-0.3, -0.25) is 14.9 Å². The van der Waals surface area contributed by atoms with Crippen molar-refractivity contribution in [3.63, 3.8) is 0 Å². The number of nitrogens with zero attached hydrogens (tertiary/aromatic N) is 2. The zero-order valence-corrected chi connectivity index (χ0v) is 15.6. The molecule has 1 saturated heterocycles.